The van der Waals surface area contributed by atoms with Crippen molar-refractivity contribution in [2.75, 3.05) is 18.6 Å². The molecule has 0 atom stereocenters. The number of halogens is 3. The molecule has 0 aromatic heterocycles. The second-order valence-electron chi connectivity index (χ2n) is 5.58. The van der Waals surface area contributed by atoms with Gasteiger partial charge in [0.1, 0.15) is 0 Å². The Morgan fingerprint density at radius 2 is 2.00 bits per heavy atom. The number of rotatable bonds is 5. The van der Waals surface area contributed by atoms with E-state index in [4.69, 9.17) is 33.3 Å². The van der Waals surface area contributed by atoms with Crippen molar-refractivity contribution < 1.29 is 14.3 Å². The maximum absolute atomic E-state index is 13.0. The van der Waals surface area contributed by atoms with Gasteiger partial charge in [0, 0.05) is 4.47 Å². The maximum atomic E-state index is 13.0. The van der Waals surface area contributed by atoms with Crippen molar-refractivity contribution in [1.82, 2.24) is 0 Å². The molecule has 0 aliphatic carbocycles. The van der Waals surface area contributed by atoms with E-state index in [1.165, 1.54) is 16.7 Å². The normalized spacial score (nSPS) is 15.5. The number of methoxy groups -OCH3 is 1. The van der Waals surface area contributed by atoms with Gasteiger partial charge in [0.2, 0.25) is 0 Å². The fourth-order valence-corrected chi connectivity index (χ4v) is 4.87. The molecule has 0 saturated carbocycles. The minimum atomic E-state index is -0.197. The van der Waals surface area contributed by atoms with Gasteiger partial charge in [-0.1, -0.05) is 35.6 Å². The van der Waals surface area contributed by atoms with E-state index in [1.54, 1.807) is 31.4 Å². The molecular formula is C19H14Br2ClNO3S2. The first-order valence-corrected chi connectivity index (χ1v) is 11.3. The molecule has 9 heteroatoms. The third kappa shape index (κ3) is 4.41. The van der Waals surface area contributed by atoms with Crippen LogP contribution in [0.3, 0.4) is 0 Å². The molecule has 1 heterocycles. The Morgan fingerprint density at radius 1 is 1.25 bits per heavy atom. The molecule has 1 amide bonds. The molecular weight excluding hydrogens is 550 g/mol. The van der Waals surface area contributed by atoms with E-state index in [0.29, 0.717) is 38.0 Å². The summed E-state index contributed by atoms with van der Waals surface area (Å²) in [7, 11) is 1.57. The Hall–Kier alpha value is -1.06. The SMILES string of the molecule is CCOc1c(Br)cc(C=C2SC(=S)N(c3ccc(Br)c(Cl)c3)C2=O)cc1OC. The van der Waals surface area contributed by atoms with Gasteiger partial charge in [0.25, 0.3) is 5.91 Å². The number of thioether (sulfide) groups is 1. The van der Waals surface area contributed by atoms with Crippen molar-refractivity contribution in [2.24, 2.45) is 0 Å². The number of carbonyl (C=O) groups excluding carboxylic acids is 1. The molecule has 1 fully saturated rings. The van der Waals surface area contributed by atoms with E-state index >= 15 is 0 Å². The lowest BCUT2D eigenvalue weighted by Gasteiger charge is -2.15. The van der Waals surface area contributed by atoms with Crippen LogP contribution >= 0.6 is 67.4 Å². The number of hydrogen-bond donors (Lipinski definition) is 0. The average molecular weight is 564 g/mol. The van der Waals surface area contributed by atoms with Crippen molar-refractivity contribution in [2.45, 2.75) is 6.92 Å². The maximum Gasteiger partial charge on any atom is 0.270 e. The Bertz CT molecular complexity index is 997. The molecule has 3 rings (SSSR count). The highest BCUT2D eigenvalue weighted by atomic mass is 79.9. The first-order chi connectivity index (χ1) is 13.3. The van der Waals surface area contributed by atoms with Crippen LogP contribution in [-0.4, -0.2) is 23.9 Å². The van der Waals surface area contributed by atoms with E-state index in [2.05, 4.69) is 31.9 Å². The van der Waals surface area contributed by atoms with Crippen molar-refractivity contribution in [3.63, 3.8) is 0 Å². The fourth-order valence-electron chi connectivity index (χ4n) is 2.57. The number of anilines is 1. The van der Waals surface area contributed by atoms with Gasteiger partial charge in [0.05, 0.1) is 33.8 Å². The number of amides is 1. The zero-order chi connectivity index (χ0) is 20.4. The largest absolute Gasteiger partial charge is 0.493 e. The van der Waals surface area contributed by atoms with Crippen molar-refractivity contribution in [1.29, 1.82) is 0 Å². The average Bonchev–Trinajstić information content (AvgIpc) is 2.93. The van der Waals surface area contributed by atoms with Crippen molar-refractivity contribution in [3.8, 4) is 11.5 Å². The molecule has 146 valence electrons. The second kappa shape index (κ2) is 9.17. The van der Waals surface area contributed by atoms with Gasteiger partial charge in [-0.25, -0.2) is 0 Å². The van der Waals surface area contributed by atoms with Crippen molar-refractivity contribution in [3.05, 3.63) is 54.8 Å². The van der Waals surface area contributed by atoms with Gasteiger partial charge in [-0.3, -0.25) is 9.69 Å². The molecule has 0 radical (unpaired) electrons. The molecule has 28 heavy (non-hydrogen) atoms. The highest BCUT2D eigenvalue weighted by Gasteiger charge is 2.33. The third-order valence-corrected chi connectivity index (χ3v) is 6.92. The number of thiocarbonyl (C=S) groups is 1. The Balaban J connectivity index is 1.95. The summed E-state index contributed by atoms with van der Waals surface area (Å²) in [5.41, 5.74) is 1.42. The predicted molar refractivity (Wildman–Crippen MR) is 127 cm³/mol. The monoisotopic (exact) mass is 561 g/mol. The first-order valence-electron chi connectivity index (χ1n) is 8.09. The summed E-state index contributed by atoms with van der Waals surface area (Å²) in [5, 5.41) is 0.510. The van der Waals surface area contributed by atoms with Gasteiger partial charge in [0.15, 0.2) is 15.8 Å². The number of benzene rings is 2. The highest BCUT2D eigenvalue weighted by molar-refractivity contribution is 9.10. The second-order valence-corrected chi connectivity index (χ2v) is 9.37. The third-order valence-electron chi connectivity index (χ3n) is 3.79. The van der Waals surface area contributed by atoms with Gasteiger partial charge >= 0.3 is 0 Å². The fraction of sp³-hybridized carbons (Fsp3) is 0.158. The molecule has 2 aromatic rings. The van der Waals surface area contributed by atoms with E-state index in [-0.39, 0.29) is 5.91 Å². The van der Waals surface area contributed by atoms with Gasteiger partial charge in [-0.2, -0.15) is 0 Å². The first kappa shape index (κ1) is 21.6. The minimum Gasteiger partial charge on any atom is -0.493 e. The van der Waals surface area contributed by atoms with E-state index in [9.17, 15) is 4.79 Å². The summed E-state index contributed by atoms with van der Waals surface area (Å²) in [6.45, 7) is 2.42. The molecule has 0 N–H and O–H groups in total. The Labute approximate surface area is 194 Å². The van der Waals surface area contributed by atoms with Crippen LogP contribution in [0.4, 0.5) is 5.69 Å². The topological polar surface area (TPSA) is 38.8 Å². The lowest BCUT2D eigenvalue weighted by Crippen LogP contribution is -2.27. The summed E-state index contributed by atoms with van der Waals surface area (Å²) in [6, 6.07) is 8.97. The Kier molecular flexibility index (Phi) is 7.09. The van der Waals surface area contributed by atoms with E-state index in [1.807, 2.05) is 19.1 Å². The molecule has 4 nitrogen and oxygen atoms in total. The summed E-state index contributed by atoms with van der Waals surface area (Å²) in [4.78, 5) is 14.9. The molecule has 0 unspecified atom stereocenters. The number of ether oxygens (including phenoxy) is 2. The van der Waals surface area contributed by atoms with E-state index < -0.39 is 0 Å². The quantitative estimate of drug-likeness (QED) is 0.300. The van der Waals surface area contributed by atoms with Crippen LogP contribution in [0.2, 0.25) is 5.02 Å². The van der Waals surface area contributed by atoms with Gasteiger partial charge in [-0.15, -0.1) is 0 Å². The molecule has 2 aromatic carbocycles. The summed E-state index contributed by atoms with van der Waals surface area (Å²) in [6.07, 6.45) is 1.78. The molecule has 1 aliphatic rings. The molecule has 0 bridgehead atoms. The molecule has 1 aliphatic heterocycles. The van der Waals surface area contributed by atoms with Crippen LogP contribution in [-0.2, 0) is 4.79 Å². The summed E-state index contributed by atoms with van der Waals surface area (Å²) < 4.78 is 13.0. The number of hydrogen-bond acceptors (Lipinski definition) is 5. The minimum absolute atomic E-state index is 0.197. The van der Waals surface area contributed by atoms with Crippen LogP contribution in [0.1, 0.15) is 12.5 Å². The molecule has 0 spiro atoms. The van der Waals surface area contributed by atoms with Crippen molar-refractivity contribution >= 4 is 89.4 Å². The van der Waals surface area contributed by atoms with Gasteiger partial charge in [-0.05, 0) is 80.8 Å². The molecule has 1 saturated heterocycles. The van der Waals surface area contributed by atoms with Crippen LogP contribution in [0.25, 0.3) is 6.08 Å². The zero-order valence-corrected chi connectivity index (χ0v) is 20.4. The number of carbonyl (C=O) groups is 1. The number of nitrogens with zero attached hydrogens (tertiary/aromatic N) is 1. The summed E-state index contributed by atoms with van der Waals surface area (Å²) >= 11 is 19.7. The lowest BCUT2D eigenvalue weighted by atomic mass is 10.1. The van der Waals surface area contributed by atoms with Crippen LogP contribution in [0.15, 0.2) is 44.2 Å². The Morgan fingerprint density at radius 3 is 2.64 bits per heavy atom. The summed E-state index contributed by atoms with van der Waals surface area (Å²) in [5.74, 6) is 1.01. The van der Waals surface area contributed by atoms with Crippen LogP contribution in [0.5, 0.6) is 11.5 Å². The van der Waals surface area contributed by atoms with Crippen LogP contribution in [0, 0.1) is 0 Å². The van der Waals surface area contributed by atoms with Crippen LogP contribution < -0.4 is 14.4 Å². The van der Waals surface area contributed by atoms with E-state index in [0.717, 1.165) is 14.5 Å². The smallest absolute Gasteiger partial charge is 0.270 e. The highest BCUT2D eigenvalue weighted by Crippen LogP contribution is 2.40. The zero-order valence-electron chi connectivity index (χ0n) is 14.8. The predicted octanol–water partition coefficient (Wildman–Crippen LogP) is 6.68. The lowest BCUT2D eigenvalue weighted by molar-refractivity contribution is -0.113. The standard InChI is InChI=1S/C19H14Br2ClNO3S2/c1-3-26-17-13(21)6-10(7-15(17)25-2)8-16-18(24)23(19(27)28-16)11-4-5-12(20)14(22)9-11/h4-9H,3H2,1-2H3. The van der Waals surface area contributed by atoms with Gasteiger partial charge < -0.3 is 9.47 Å².